The Balaban J connectivity index is 0.00000225. The molecule has 0 fully saturated rings. The van der Waals surface area contributed by atoms with Gasteiger partial charge in [0.1, 0.15) is 5.75 Å². The quantitative estimate of drug-likeness (QED) is 0.582. The second kappa shape index (κ2) is 8.75. The fourth-order valence-electron chi connectivity index (χ4n) is 2.52. The van der Waals surface area contributed by atoms with Crippen molar-refractivity contribution in [1.82, 2.24) is 4.98 Å². The number of aromatic carboxylic acids is 1. The van der Waals surface area contributed by atoms with Crippen LogP contribution >= 0.6 is 15.9 Å². The molecule has 0 radical (unpaired) electrons. The van der Waals surface area contributed by atoms with Crippen LogP contribution in [0.2, 0.25) is 0 Å². The number of carboxylic acid groups (broad SMARTS) is 1. The molecule has 0 aliphatic heterocycles. The van der Waals surface area contributed by atoms with Crippen LogP contribution in [0.4, 0.5) is 0 Å². The summed E-state index contributed by atoms with van der Waals surface area (Å²) in [5, 5.41) is 12.1. The first-order chi connectivity index (χ1) is 11.4. The molecule has 0 atom stereocenters. The molecule has 3 rings (SSSR count). The van der Waals surface area contributed by atoms with Gasteiger partial charge in [0, 0.05) is 21.0 Å². The molecule has 1 aromatic heterocycles. The molecule has 122 valence electrons. The summed E-state index contributed by atoms with van der Waals surface area (Å²) in [5.74, 6) is -0.508. The summed E-state index contributed by atoms with van der Waals surface area (Å²) in [6.07, 6.45) is 0.0564. The van der Waals surface area contributed by atoms with Gasteiger partial charge in [0.15, 0.2) is 0 Å². The Morgan fingerprint density at radius 2 is 1.92 bits per heavy atom. The molecule has 1 heterocycles. The van der Waals surface area contributed by atoms with Crippen molar-refractivity contribution in [2.24, 2.45) is 0 Å². The normalized spacial score (nSPS) is 10.6. The van der Waals surface area contributed by atoms with Crippen LogP contribution in [0, 0.1) is 0 Å². The first-order valence-corrected chi connectivity index (χ1v) is 8.32. The van der Waals surface area contributed by atoms with E-state index in [1.54, 1.807) is 18.2 Å². The summed E-state index contributed by atoms with van der Waals surface area (Å²) in [7, 11) is 0. The van der Waals surface area contributed by atoms with E-state index in [0.717, 1.165) is 15.8 Å². The number of carboxylic acids is 1. The van der Waals surface area contributed by atoms with Gasteiger partial charge in [-0.05, 0) is 50.2 Å². The maximum atomic E-state index is 11.5. The number of fused-ring (bicyclic) bond motifs is 1. The van der Waals surface area contributed by atoms with Gasteiger partial charge >= 0.3 is 51.4 Å². The van der Waals surface area contributed by atoms with E-state index in [1.165, 1.54) is 0 Å². The standard InChI is InChI=1S/C19H16BrNO3.K/c1-11(2)24-14-5-3-4-12(8-14)18-10-16(19(22)23)15-9-13(20)6-7-17(15)21-18;/h3-11H,1-2H3,(H,22,23);/q;+1/p-1. The Morgan fingerprint density at radius 1 is 1.16 bits per heavy atom. The topological polar surface area (TPSA) is 62.2 Å². The zero-order valence-corrected chi connectivity index (χ0v) is 19.0. The molecular formula is C19H15BrKNO3. The van der Waals surface area contributed by atoms with Crippen LogP contribution < -0.4 is 61.2 Å². The first-order valence-electron chi connectivity index (χ1n) is 7.53. The number of pyridine rings is 1. The molecule has 3 aromatic rings. The minimum atomic E-state index is -1.23. The van der Waals surface area contributed by atoms with Crippen LogP contribution in [-0.4, -0.2) is 17.1 Å². The van der Waals surface area contributed by atoms with Gasteiger partial charge in [0.05, 0.1) is 23.3 Å². The zero-order valence-electron chi connectivity index (χ0n) is 14.2. The number of halogens is 1. The fourth-order valence-corrected chi connectivity index (χ4v) is 2.88. The van der Waals surface area contributed by atoms with E-state index >= 15 is 0 Å². The van der Waals surface area contributed by atoms with Crippen molar-refractivity contribution in [3.8, 4) is 17.0 Å². The summed E-state index contributed by atoms with van der Waals surface area (Å²) >= 11 is 3.35. The minimum Gasteiger partial charge on any atom is -0.545 e. The number of ether oxygens (including phenoxy) is 1. The zero-order chi connectivity index (χ0) is 17.3. The number of hydrogen-bond donors (Lipinski definition) is 0. The summed E-state index contributed by atoms with van der Waals surface area (Å²) < 4.78 is 6.49. The third-order valence-corrected chi connectivity index (χ3v) is 3.99. The van der Waals surface area contributed by atoms with Crippen LogP contribution in [0.5, 0.6) is 5.75 Å². The molecule has 4 nitrogen and oxygen atoms in total. The SMILES string of the molecule is CC(C)Oc1cccc(-c2cc(C(=O)[O-])c3cc(Br)ccc3n2)c1.[K+]. The van der Waals surface area contributed by atoms with Gasteiger partial charge in [0.25, 0.3) is 0 Å². The average molecular weight is 424 g/mol. The van der Waals surface area contributed by atoms with Gasteiger partial charge in [-0.1, -0.05) is 28.1 Å². The van der Waals surface area contributed by atoms with Gasteiger partial charge in [-0.2, -0.15) is 0 Å². The maximum absolute atomic E-state index is 11.5. The Labute approximate surface area is 197 Å². The van der Waals surface area contributed by atoms with Crippen molar-refractivity contribution in [2.45, 2.75) is 20.0 Å². The predicted molar refractivity (Wildman–Crippen MR) is 95.0 cm³/mol. The number of carbonyl (C=O) groups is 1. The number of rotatable bonds is 4. The van der Waals surface area contributed by atoms with E-state index in [0.29, 0.717) is 16.6 Å². The third-order valence-electron chi connectivity index (χ3n) is 3.49. The predicted octanol–water partition coefficient (Wildman–Crippen LogP) is 0.819. The van der Waals surface area contributed by atoms with Gasteiger partial charge in [-0.3, -0.25) is 0 Å². The second-order valence-electron chi connectivity index (χ2n) is 5.70. The molecule has 0 spiro atoms. The van der Waals surface area contributed by atoms with Crippen LogP contribution in [0.15, 0.2) is 53.0 Å². The van der Waals surface area contributed by atoms with E-state index in [2.05, 4.69) is 20.9 Å². The molecule has 2 aromatic carbocycles. The molecule has 0 unspecified atom stereocenters. The van der Waals surface area contributed by atoms with Crippen LogP contribution in [0.25, 0.3) is 22.2 Å². The van der Waals surface area contributed by atoms with Gasteiger partial charge in [0.2, 0.25) is 0 Å². The molecule has 25 heavy (non-hydrogen) atoms. The van der Waals surface area contributed by atoms with E-state index < -0.39 is 5.97 Å². The Morgan fingerprint density at radius 3 is 2.60 bits per heavy atom. The van der Waals surface area contributed by atoms with Gasteiger partial charge in [-0.25, -0.2) is 4.98 Å². The van der Waals surface area contributed by atoms with Gasteiger partial charge in [-0.15, -0.1) is 0 Å². The summed E-state index contributed by atoms with van der Waals surface area (Å²) in [4.78, 5) is 16.1. The maximum Gasteiger partial charge on any atom is 1.00 e. The summed E-state index contributed by atoms with van der Waals surface area (Å²) in [5.41, 5.74) is 2.08. The van der Waals surface area contributed by atoms with Crippen molar-refractivity contribution in [3.63, 3.8) is 0 Å². The van der Waals surface area contributed by atoms with Crippen LogP contribution in [0.3, 0.4) is 0 Å². The van der Waals surface area contributed by atoms with Gasteiger partial charge < -0.3 is 14.6 Å². The molecule has 0 N–H and O–H groups in total. The van der Waals surface area contributed by atoms with E-state index in [4.69, 9.17) is 4.74 Å². The average Bonchev–Trinajstić information content (AvgIpc) is 2.53. The number of carbonyl (C=O) groups excluding carboxylic acids is 1. The Kier molecular flexibility index (Phi) is 7.19. The number of hydrogen-bond acceptors (Lipinski definition) is 4. The molecule has 0 saturated carbocycles. The molecule has 0 aliphatic rings. The molecule has 0 aliphatic carbocycles. The molecule has 6 heteroatoms. The van der Waals surface area contributed by atoms with E-state index in [1.807, 2.05) is 44.2 Å². The monoisotopic (exact) mass is 423 g/mol. The van der Waals surface area contributed by atoms with Crippen LogP contribution in [-0.2, 0) is 0 Å². The fraction of sp³-hybridized carbons (Fsp3) is 0.158. The second-order valence-corrected chi connectivity index (χ2v) is 6.61. The first kappa shape index (κ1) is 20.5. The third kappa shape index (κ3) is 4.90. The largest absolute Gasteiger partial charge is 1.00 e. The van der Waals surface area contributed by atoms with E-state index in [-0.39, 0.29) is 63.1 Å². The van der Waals surface area contributed by atoms with Crippen molar-refractivity contribution in [1.29, 1.82) is 0 Å². The minimum absolute atomic E-state index is 0. The number of benzene rings is 2. The molecule has 0 bridgehead atoms. The van der Waals surface area contributed by atoms with Crippen molar-refractivity contribution < 1.29 is 66.0 Å². The molecular weight excluding hydrogens is 409 g/mol. The molecule has 0 saturated heterocycles. The van der Waals surface area contributed by atoms with Crippen molar-refractivity contribution in [3.05, 3.63) is 58.6 Å². The Bertz CT molecular complexity index is 928. The Hall–Kier alpha value is -0.764. The number of nitrogens with zero attached hydrogens (tertiary/aromatic N) is 1. The summed E-state index contributed by atoms with van der Waals surface area (Å²) in [6, 6.07) is 14.3. The van der Waals surface area contributed by atoms with Crippen molar-refractivity contribution in [2.75, 3.05) is 0 Å². The summed E-state index contributed by atoms with van der Waals surface area (Å²) in [6.45, 7) is 3.90. The van der Waals surface area contributed by atoms with E-state index in [9.17, 15) is 9.90 Å². The van der Waals surface area contributed by atoms with Crippen molar-refractivity contribution >= 4 is 32.8 Å². The number of aromatic nitrogens is 1. The molecule has 0 amide bonds. The van der Waals surface area contributed by atoms with Crippen LogP contribution in [0.1, 0.15) is 24.2 Å². The smallest absolute Gasteiger partial charge is 0.545 e.